The smallest absolute Gasteiger partial charge is 0.147 e. The number of hydrogen-bond donors (Lipinski definition) is 0. The molecule has 0 aromatic heterocycles. The van der Waals surface area contributed by atoms with Gasteiger partial charge in [-0.05, 0) is 20.4 Å². The first-order chi connectivity index (χ1) is 6.16. The van der Waals surface area contributed by atoms with E-state index in [1.165, 1.54) is 0 Å². The number of hydrogen-bond acceptors (Lipinski definition) is 3. The molecule has 1 rings (SSSR count). The summed E-state index contributed by atoms with van der Waals surface area (Å²) in [6.07, 6.45) is 2.19. The lowest BCUT2D eigenvalue weighted by Crippen LogP contribution is -2.49. The van der Waals surface area contributed by atoms with Crippen LogP contribution in [-0.4, -0.2) is 37.1 Å². The molecule has 0 N–H and O–H groups in total. The molecule has 1 saturated heterocycles. The maximum Gasteiger partial charge on any atom is 0.147 e. The topological polar surface area (TPSA) is 29.5 Å². The van der Waals surface area contributed by atoms with Gasteiger partial charge >= 0.3 is 0 Å². The second-order valence-corrected chi connectivity index (χ2v) is 3.86. The molecule has 1 aliphatic heterocycles. The van der Waals surface area contributed by atoms with Crippen LogP contribution in [-0.2, 0) is 9.53 Å². The predicted octanol–water partition coefficient (Wildman–Crippen LogP) is 1.28. The first kappa shape index (κ1) is 10.7. The number of likely N-dealkylation sites (N-methyl/N-ethyl adjacent to an activating group) is 1. The van der Waals surface area contributed by atoms with E-state index in [1.807, 2.05) is 11.9 Å². The van der Waals surface area contributed by atoms with E-state index in [2.05, 4.69) is 6.92 Å². The molecule has 2 unspecified atom stereocenters. The van der Waals surface area contributed by atoms with Gasteiger partial charge in [-0.1, -0.05) is 13.3 Å². The molecule has 76 valence electrons. The summed E-state index contributed by atoms with van der Waals surface area (Å²) in [7, 11) is 1.95. The fourth-order valence-electron chi connectivity index (χ4n) is 2.13. The molecule has 1 fully saturated rings. The van der Waals surface area contributed by atoms with Crippen molar-refractivity contribution in [3.05, 3.63) is 0 Å². The Labute approximate surface area is 80.1 Å². The van der Waals surface area contributed by atoms with Crippen LogP contribution in [0.3, 0.4) is 0 Å². The first-order valence-corrected chi connectivity index (χ1v) is 4.95. The third-order valence-electron chi connectivity index (χ3n) is 2.62. The maximum atomic E-state index is 11.4. The first-order valence-electron chi connectivity index (χ1n) is 4.95. The fourth-order valence-corrected chi connectivity index (χ4v) is 2.13. The standard InChI is InChI=1S/C10H19NO2/c1-4-5-9-6-13-7-11(3)10(9)8(2)12/h9-10H,4-7H2,1-3H3. The van der Waals surface area contributed by atoms with Crippen LogP contribution in [0.4, 0.5) is 0 Å². The second kappa shape index (κ2) is 4.72. The molecule has 0 aromatic carbocycles. The lowest BCUT2D eigenvalue weighted by atomic mass is 9.91. The molecule has 2 atom stereocenters. The SMILES string of the molecule is CCCC1COCN(C)C1C(C)=O. The summed E-state index contributed by atoms with van der Waals surface area (Å²) < 4.78 is 5.40. The average Bonchev–Trinajstić information content (AvgIpc) is 2.04. The highest BCUT2D eigenvalue weighted by molar-refractivity contribution is 5.81. The van der Waals surface area contributed by atoms with E-state index in [0.717, 1.165) is 19.4 Å². The number of carbonyl (C=O) groups excluding carboxylic acids is 1. The van der Waals surface area contributed by atoms with Crippen molar-refractivity contribution in [1.82, 2.24) is 4.90 Å². The van der Waals surface area contributed by atoms with Gasteiger partial charge in [0.2, 0.25) is 0 Å². The number of nitrogens with zero attached hydrogens (tertiary/aromatic N) is 1. The third kappa shape index (κ3) is 2.51. The zero-order valence-electron chi connectivity index (χ0n) is 8.75. The summed E-state index contributed by atoms with van der Waals surface area (Å²) in [6, 6.07) is 0.0775. The van der Waals surface area contributed by atoms with E-state index in [4.69, 9.17) is 4.74 Å². The Morgan fingerprint density at radius 1 is 1.62 bits per heavy atom. The Kier molecular flexibility index (Phi) is 3.88. The molecule has 0 bridgehead atoms. The number of ether oxygens (including phenoxy) is 1. The zero-order chi connectivity index (χ0) is 9.84. The summed E-state index contributed by atoms with van der Waals surface area (Å²) in [6.45, 7) is 5.15. The van der Waals surface area contributed by atoms with Gasteiger partial charge in [-0.3, -0.25) is 9.69 Å². The van der Waals surface area contributed by atoms with Gasteiger partial charge in [0.1, 0.15) is 5.78 Å². The molecular formula is C10H19NO2. The molecule has 0 aliphatic carbocycles. The summed E-state index contributed by atoms with van der Waals surface area (Å²) in [5.74, 6) is 0.658. The lowest BCUT2D eigenvalue weighted by Gasteiger charge is -2.37. The van der Waals surface area contributed by atoms with Crippen molar-refractivity contribution in [2.75, 3.05) is 20.4 Å². The average molecular weight is 185 g/mol. The lowest BCUT2D eigenvalue weighted by molar-refractivity contribution is -0.135. The van der Waals surface area contributed by atoms with Crippen LogP contribution >= 0.6 is 0 Å². The van der Waals surface area contributed by atoms with Crippen molar-refractivity contribution in [3.8, 4) is 0 Å². The van der Waals surface area contributed by atoms with E-state index < -0.39 is 0 Å². The van der Waals surface area contributed by atoms with Crippen LogP contribution in [0.1, 0.15) is 26.7 Å². The molecule has 1 aliphatic rings. The third-order valence-corrected chi connectivity index (χ3v) is 2.62. The van der Waals surface area contributed by atoms with Crippen LogP contribution in [0.2, 0.25) is 0 Å². The monoisotopic (exact) mass is 185 g/mol. The Morgan fingerprint density at radius 2 is 2.31 bits per heavy atom. The van der Waals surface area contributed by atoms with Crippen LogP contribution < -0.4 is 0 Å². The Balaban J connectivity index is 2.62. The van der Waals surface area contributed by atoms with Crippen molar-refractivity contribution >= 4 is 5.78 Å². The van der Waals surface area contributed by atoms with Crippen LogP contribution in [0.25, 0.3) is 0 Å². The Hall–Kier alpha value is -0.410. The normalized spacial score (nSPS) is 30.4. The van der Waals surface area contributed by atoms with Gasteiger partial charge in [0, 0.05) is 5.92 Å². The summed E-state index contributed by atoms with van der Waals surface area (Å²) in [5, 5.41) is 0. The largest absolute Gasteiger partial charge is 0.366 e. The van der Waals surface area contributed by atoms with E-state index in [-0.39, 0.29) is 11.8 Å². The van der Waals surface area contributed by atoms with Crippen LogP contribution in [0, 0.1) is 5.92 Å². The van der Waals surface area contributed by atoms with E-state index >= 15 is 0 Å². The van der Waals surface area contributed by atoms with Gasteiger partial charge in [-0.15, -0.1) is 0 Å². The molecule has 0 spiro atoms. The fraction of sp³-hybridized carbons (Fsp3) is 0.900. The highest BCUT2D eigenvalue weighted by atomic mass is 16.5. The van der Waals surface area contributed by atoms with Crippen molar-refractivity contribution in [1.29, 1.82) is 0 Å². The van der Waals surface area contributed by atoms with Crippen molar-refractivity contribution in [3.63, 3.8) is 0 Å². The molecule has 0 aromatic rings. The van der Waals surface area contributed by atoms with Crippen molar-refractivity contribution < 1.29 is 9.53 Å². The van der Waals surface area contributed by atoms with E-state index in [9.17, 15) is 4.79 Å². The number of Topliss-reactive ketones (excluding diaryl/α,β-unsaturated/α-hetero) is 1. The van der Waals surface area contributed by atoms with Gasteiger partial charge in [-0.25, -0.2) is 0 Å². The molecule has 13 heavy (non-hydrogen) atoms. The minimum atomic E-state index is 0.0775. The second-order valence-electron chi connectivity index (χ2n) is 3.86. The summed E-state index contributed by atoms with van der Waals surface area (Å²) in [4.78, 5) is 13.4. The van der Waals surface area contributed by atoms with E-state index in [1.54, 1.807) is 6.92 Å². The minimum absolute atomic E-state index is 0.0775. The minimum Gasteiger partial charge on any atom is -0.366 e. The predicted molar refractivity (Wildman–Crippen MR) is 51.4 cm³/mol. The van der Waals surface area contributed by atoms with Gasteiger partial charge in [0.25, 0.3) is 0 Å². The molecular weight excluding hydrogens is 166 g/mol. The van der Waals surface area contributed by atoms with Crippen LogP contribution in [0.5, 0.6) is 0 Å². The number of ketones is 1. The molecule has 0 saturated carbocycles. The van der Waals surface area contributed by atoms with Gasteiger partial charge in [0.15, 0.2) is 0 Å². The van der Waals surface area contributed by atoms with Gasteiger partial charge in [0.05, 0.1) is 19.4 Å². The van der Waals surface area contributed by atoms with E-state index in [0.29, 0.717) is 12.6 Å². The van der Waals surface area contributed by atoms with Gasteiger partial charge < -0.3 is 4.74 Å². The molecule has 0 amide bonds. The zero-order valence-corrected chi connectivity index (χ0v) is 8.75. The van der Waals surface area contributed by atoms with Gasteiger partial charge in [-0.2, -0.15) is 0 Å². The molecule has 0 radical (unpaired) electrons. The highest BCUT2D eigenvalue weighted by Crippen LogP contribution is 2.21. The highest BCUT2D eigenvalue weighted by Gasteiger charge is 2.32. The molecule has 3 heteroatoms. The van der Waals surface area contributed by atoms with Crippen molar-refractivity contribution in [2.45, 2.75) is 32.7 Å². The Morgan fingerprint density at radius 3 is 2.85 bits per heavy atom. The van der Waals surface area contributed by atoms with Crippen LogP contribution in [0.15, 0.2) is 0 Å². The summed E-state index contributed by atoms with van der Waals surface area (Å²) in [5.41, 5.74) is 0. The Bertz CT molecular complexity index is 180. The maximum absolute atomic E-state index is 11.4. The van der Waals surface area contributed by atoms with Crippen molar-refractivity contribution in [2.24, 2.45) is 5.92 Å². The molecule has 3 nitrogen and oxygen atoms in total. The summed E-state index contributed by atoms with van der Waals surface area (Å²) >= 11 is 0. The number of carbonyl (C=O) groups is 1. The molecule has 1 heterocycles. The quantitative estimate of drug-likeness (QED) is 0.663. The number of rotatable bonds is 3.